The Morgan fingerprint density at radius 2 is 2.00 bits per heavy atom. The number of hydrogen-bond donors (Lipinski definition) is 0. The van der Waals surface area contributed by atoms with Crippen LogP contribution in [-0.2, 0) is 14.3 Å². The van der Waals surface area contributed by atoms with E-state index in [1.807, 2.05) is 0 Å². The molecule has 0 radical (unpaired) electrons. The first-order valence-electron chi connectivity index (χ1n) is 5.13. The monoisotopic (exact) mass is 262 g/mol. The van der Waals surface area contributed by atoms with Crippen molar-refractivity contribution in [2.45, 2.75) is 55.7 Å². The highest BCUT2D eigenvalue weighted by molar-refractivity contribution is 9.09. The second kappa shape index (κ2) is 4.19. The van der Waals surface area contributed by atoms with Crippen molar-refractivity contribution in [1.29, 1.82) is 0 Å². The molecule has 4 atom stereocenters. The van der Waals surface area contributed by atoms with E-state index in [1.54, 1.807) is 0 Å². The zero-order valence-electron chi connectivity index (χ0n) is 8.24. The van der Waals surface area contributed by atoms with Crippen LogP contribution in [0.3, 0.4) is 0 Å². The van der Waals surface area contributed by atoms with Gasteiger partial charge in [-0.25, -0.2) is 0 Å². The summed E-state index contributed by atoms with van der Waals surface area (Å²) < 4.78 is 11.1. The van der Waals surface area contributed by atoms with Crippen LogP contribution in [0.15, 0.2) is 0 Å². The molecule has 4 heteroatoms. The molecule has 3 nitrogen and oxygen atoms in total. The summed E-state index contributed by atoms with van der Waals surface area (Å²) in [6.45, 7) is 1.46. The molecule has 0 saturated carbocycles. The highest BCUT2D eigenvalue weighted by atomic mass is 79.9. The van der Waals surface area contributed by atoms with Gasteiger partial charge in [-0.05, 0) is 25.7 Å². The van der Waals surface area contributed by atoms with Gasteiger partial charge in [0.25, 0.3) is 0 Å². The van der Waals surface area contributed by atoms with E-state index in [0.717, 1.165) is 25.7 Å². The van der Waals surface area contributed by atoms with Gasteiger partial charge in [-0.1, -0.05) is 15.9 Å². The molecule has 2 fully saturated rings. The standard InChI is InChI=1S/C10H15BrO3/c1-6(12)13-9-3-2-7(11)8-4-5-10(9)14-8/h7-10H,2-5H2,1H3/t7-,8-,9+,10+/m0/s1. The van der Waals surface area contributed by atoms with Crippen molar-refractivity contribution in [2.24, 2.45) is 0 Å². The Morgan fingerprint density at radius 3 is 2.71 bits per heavy atom. The summed E-state index contributed by atoms with van der Waals surface area (Å²) >= 11 is 3.62. The Balaban J connectivity index is 2.01. The molecule has 2 aliphatic rings. The number of rotatable bonds is 1. The van der Waals surface area contributed by atoms with Crippen LogP contribution in [0.4, 0.5) is 0 Å². The minimum Gasteiger partial charge on any atom is -0.460 e. The fourth-order valence-electron chi connectivity index (χ4n) is 2.27. The van der Waals surface area contributed by atoms with Crippen LogP contribution in [-0.4, -0.2) is 29.1 Å². The molecule has 2 rings (SSSR count). The van der Waals surface area contributed by atoms with Crippen LogP contribution >= 0.6 is 15.9 Å². The molecule has 0 spiro atoms. The molecule has 0 N–H and O–H groups in total. The van der Waals surface area contributed by atoms with Crippen molar-refractivity contribution in [3.05, 3.63) is 0 Å². The first kappa shape index (κ1) is 10.4. The van der Waals surface area contributed by atoms with Gasteiger partial charge in [0.1, 0.15) is 6.10 Å². The Hall–Kier alpha value is -0.0900. The number of fused-ring (bicyclic) bond motifs is 2. The minimum atomic E-state index is -0.199. The SMILES string of the molecule is CC(=O)O[C@@H]1CC[C@H](Br)[C@@H]2CC[C@H]1O2. The van der Waals surface area contributed by atoms with E-state index in [-0.39, 0.29) is 18.2 Å². The number of carbonyl (C=O) groups is 1. The summed E-state index contributed by atoms with van der Waals surface area (Å²) in [7, 11) is 0. The van der Waals surface area contributed by atoms with E-state index in [1.165, 1.54) is 6.92 Å². The molecule has 80 valence electrons. The third-order valence-electron chi connectivity index (χ3n) is 2.95. The van der Waals surface area contributed by atoms with Gasteiger partial charge >= 0.3 is 5.97 Å². The second-order valence-electron chi connectivity index (χ2n) is 4.03. The number of halogens is 1. The van der Waals surface area contributed by atoms with Gasteiger partial charge in [0.15, 0.2) is 0 Å². The van der Waals surface area contributed by atoms with Crippen LogP contribution < -0.4 is 0 Å². The molecule has 0 aromatic carbocycles. The lowest BCUT2D eigenvalue weighted by Crippen LogP contribution is -2.29. The van der Waals surface area contributed by atoms with Crippen LogP contribution in [0.5, 0.6) is 0 Å². The first-order valence-corrected chi connectivity index (χ1v) is 6.05. The highest BCUT2D eigenvalue weighted by Crippen LogP contribution is 2.35. The zero-order chi connectivity index (χ0) is 10.1. The molecule has 2 saturated heterocycles. The molecule has 0 unspecified atom stereocenters. The van der Waals surface area contributed by atoms with Gasteiger partial charge in [-0.2, -0.15) is 0 Å². The summed E-state index contributed by atoms with van der Waals surface area (Å²) in [6, 6.07) is 0. The maximum Gasteiger partial charge on any atom is 0.302 e. The molecule has 14 heavy (non-hydrogen) atoms. The van der Waals surface area contributed by atoms with E-state index in [4.69, 9.17) is 9.47 Å². The summed E-state index contributed by atoms with van der Waals surface area (Å²) in [6.07, 6.45) is 4.46. The second-order valence-corrected chi connectivity index (χ2v) is 5.21. The smallest absolute Gasteiger partial charge is 0.302 e. The van der Waals surface area contributed by atoms with Crippen LogP contribution in [0.2, 0.25) is 0 Å². The van der Waals surface area contributed by atoms with Crippen molar-refractivity contribution < 1.29 is 14.3 Å². The average molecular weight is 263 g/mol. The van der Waals surface area contributed by atoms with Gasteiger partial charge in [0.05, 0.1) is 12.2 Å². The van der Waals surface area contributed by atoms with Gasteiger partial charge in [0.2, 0.25) is 0 Å². The number of ether oxygens (including phenoxy) is 2. The first-order chi connectivity index (χ1) is 6.66. The van der Waals surface area contributed by atoms with Crippen LogP contribution in [0.25, 0.3) is 0 Å². The van der Waals surface area contributed by atoms with E-state index in [9.17, 15) is 4.79 Å². The normalized spacial score (nSPS) is 41.9. The number of carbonyl (C=O) groups excluding carboxylic acids is 1. The Bertz CT molecular complexity index is 231. The summed E-state index contributed by atoms with van der Waals surface area (Å²) in [5, 5.41) is 0. The number of alkyl halides is 1. The van der Waals surface area contributed by atoms with Crippen LogP contribution in [0, 0.1) is 0 Å². The van der Waals surface area contributed by atoms with E-state index in [2.05, 4.69) is 15.9 Å². The van der Waals surface area contributed by atoms with Crippen molar-refractivity contribution in [2.75, 3.05) is 0 Å². The fraction of sp³-hybridized carbons (Fsp3) is 0.900. The molecular weight excluding hydrogens is 248 g/mol. The lowest BCUT2D eigenvalue weighted by Gasteiger charge is -2.20. The molecular formula is C10H15BrO3. The van der Waals surface area contributed by atoms with Crippen molar-refractivity contribution in [1.82, 2.24) is 0 Å². The predicted molar refractivity (Wildman–Crippen MR) is 55.4 cm³/mol. The fourth-order valence-corrected chi connectivity index (χ4v) is 2.93. The van der Waals surface area contributed by atoms with Gasteiger partial charge in [-0.3, -0.25) is 4.79 Å². The van der Waals surface area contributed by atoms with E-state index >= 15 is 0 Å². The number of hydrogen-bond acceptors (Lipinski definition) is 3. The predicted octanol–water partition coefficient (Wildman–Crippen LogP) is 2.02. The van der Waals surface area contributed by atoms with Gasteiger partial charge < -0.3 is 9.47 Å². The summed E-state index contributed by atoms with van der Waals surface area (Å²) in [5.41, 5.74) is 0. The molecule has 2 bridgehead atoms. The quantitative estimate of drug-likeness (QED) is 0.536. The molecule has 0 aromatic rings. The third-order valence-corrected chi connectivity index (χ3v) is 4.00. The third kappa shape index (κ3) is 2.11. The topological polar surface area (TPSA) is 35.5 Å². The molecule has 0 aliphatic carbocycles. The summed E-state index contributed by atoms with van der Waals surface area (Å²) in [5.74, 6) is -0.199. The van der Waals surface area contributed by atoms with E-state index in [0.29, 0.717) is 10.9 Å². The summed E-state index contributed by atoms with van der Waals surface area (Å²) in [4.78, 5) is 11.3. The maximum atomic E-state index is 10.9. The van der Waals surface area contributed by atoms with Crippen molar-refractivity contribution in [3.8, 4) is 0 Å². The van der Waals surface area contributed by atoms with Crippen molar-refractivity contribution in [3.63, 3.8) is 0 Å². The average Bonchev–Trinajstić information content (AvgIpc) is 2.54. The largest absolute Gasteiger partial charge is 0.460 e. The Labute approximate surface area is 92.3 Å². The lowest BCUT2D eigenvalue weighted by atomic mass is 9.98. The van der Waals surface area contributed by atoms with Crippen molar-refractivity contribution >= 4 is 21.9 Å². The van der Waals surface area contributed by atoms with Crippen LogP contribution in [0.1, 0.15) is 32.6 Å². The number of esters is 1. The molecule has 0 aromatic heterocycles. The highest BCUT2D eigenvalue weighted by Gasteiger charge is 2.39. The molecule has 0 amide bonds. The zero-order valence-corrected chi connectivity index (χ0v) is 9.83. The minimum absolute atomic E-state index is 0.0277. The van der Waals surface area contributed by atoms with Gasteiger partial charge in [-0.15, -0.1) is 0 Å². The molecule has 2 aliphatic heterocycles. The Morgan fingerprint density at radius 1 is 1.29 bits per heavy atom. The Kier molecular flexibility index (Phi) is 3.12. The van der Waals surface area contributed by atoms with E-state index < -0.39 is 0 Å². The van der Waals surface area contributed by atoms with Gasteiger partial charge in [0, 0.05) is 11.8 Å². The lowest BCUT2D eigenvalue weighted by molar-refractivity contribution is -0.153. The molecule has 2 heterocycles. The maximum absolute atomic E-state index is 10.9.